The largest absolute Gasteiger partial charge is 0.310 e. The second-order valence-electron chi connectivity index (χ2n) is 3.30. The lowest BCUT2D eigenvalue weighted by Crippen LogP contribution is -2.35. The van der Waals surface area contributed by atoms with Gasteiger partial charge in [-0.15, -0.1) is 0 Å². The van der Waals surface area contributed by atoms with Crippen molar-refractivity contribution in [2.24, 2.45) is 0 Å². The minimum atomic E-state index is -0.135. The summed E-state index contributed by atoms with van der Waals surface area (Å²) in [7, 11) is 0. The van der Waals surface area contributed by atoms with Crippen LogP contribution in [0.15, 0.2) is 18.2 Å². The molecular weight excluding hydrogens is 153 g/mol. The van der Waals surface area contributed by atoms with Crippen LogP contribution in [-0.4, -0.2) is 6.54 Å². The van der Waals surface area contributed by atoms with Crippen LogP contribution in [0, 0.1) is 12.7 Å². The molecule has 1 fully saturated rings. The smallest absolute Gasteiger partial charge is 0.123 e. The van der Waals surface area contributed by atoms with Crippen molar-refractivity contribution in [3.8, 4) is 0 Å². The molecule has 2 rings (SSSR count). The lowest BCUT2D eigenvalue weighted by atomic mass is 9.94. The first-order chi connectivity index (χ1) is 5.77. The number of nitrogens with one attached hydrogen (secondary N) is 1. The topological polar surface area (TPSA) is 12.0 Å². The normalized spacial score (nSPS) is 22.0. The average Bonchev–Trinajstić information content (AvgIpc) is 1.93. The van der Waals surface area contributed by atoms with Gasteiger partial charge in [-0.1, -0.05) is 6.07 Å². The van der Waals surface area contributed by atoms with Crippen LogP contribution in [-0.2, 0) is 0 Å². The van der Waals surface area contributed by atoms with Gasteiger partial charge in [-0.3, -0.25) is 0 Å². The number of hydrogen-bond acceptors (Lipinski definition) is 1. The predicted octanol–water partition coefficient (Wildman–Crippen LogP) is 2.17. The Kier molecular flexibility index (Phi) is 1.85. The number of hydrogen-bond donors (Lipinski definition) is 1. The van der Waals surface area contributed by atoms with Crippen LogP contribution in [0.4, 0.5) is 4.39 Å². The van der Waals surface area contributed by atoms with E-state index in [1.807, 2.05) is 13.0 Å². The molecule has 12 heavy (non-hydrogen) atoms. The predicted molar refractivity (Wildman–Crippen MR) is 46.5 cm³/mol. The number of aryl methyl sites for hydroxylation is 1. The zero-order chi connectivity index (χ0) is 8.55. The highest BCUT2D eigenvalue weighted by molar-refractivity contribution is 5.30. The van der Waals surface area contributed by atoms with Crippen LogP contribution in [0.5, 0.6) is 0 Å². The molecule has 1 heterocycles. The van der Waals surface area contributed by atoms with Crippen molar-refractivity contribution in [3.05, 3.63) is 35.1 Å². The van der Waals surface area contributed by atoms with E-state index in [0.29, 0.717) is 6.04 Å². The quantitative estimate of drug-likeness (QED) is 0.672. The van der Waals surface area contributed by atoms with Gasteiger partial charge >= 0.3 is 0 Å². The Morgan fingerprint density at radius 2 is 2.25 bits per heavy atom. The van der Waals surface area contributed by atoms with E-state index < -0.39 is 0 Å². The lowest BCUT2D eigenvalue weighted by molar-refractivity contribution is 0.380. The third-order valence-corrected chi connectivity index (χ3v) is 2.44. The Morgan fingerprint density at radius 3 is 2.83 bits per heavy atom. The third kappa shape index (κ3) is 1.23. The van der Waals surface area contributed by atoms with Gasteiger partial charge in [0.2, 0.25) is 0 Å². The zero-order valence-electron chi connectivity index (χ0n) is 7.10. The number of benzene rings is 1. The molecule has 1 saturated heterocycles. The molecule has 0 bridgehead atoms. The Balaban J connectivity index is 2.34. The molecule has 1 aromatic carbocycles. The van der Waals surface area contributed by atoms with Crippen LogP contribution in [0.25, 0.3) is 0 Å². The third-order valence-electron chi connectivity index (χ3n) is 2.44. The molecule has 64 valence electrons. The highest BCUT2D eigenvalue weighted by Gasteiger charge is 2.20. The van der Waals surface area contributed by atoms with Crippen molar-refractivity contribution in [2.75, 3.05) is 6.54 Å². The molecule has 2 heteroatoms. The fourth-order valence-electron chi connectivity index (χ4n) is 1.54. The van der Waals surface area contributed by atoms with Gasteiger partial charge in [-0.2, -0.15) is 0 Å². The fourth-order valence-corrected chi connectivity index (χ4v) is 1.54. The molecular formula is C10H12FN. The van der Waals surface area contributed by atoms with Gasteiger partial charge in [-0.05, 0) is 43.1 Å². The monoisotopic (exact) mass is 165 g/mol. The van der Waals surface area contributed by atoms with Gasteiger partial charge in [0.15, 0.2) is 0 Å². The molecule has 1 aromatic rings. The summed E-state index contributed by atoms with van der Waals surface area (Å²) in [4.78, 5) is 0. The molecule has 0 aromatic heterocycles. The van der Waals surface area contributed by atoms with Crippen molar-refractivity contribution in [2.45, 2.75) is 19.4 Å². The van der Waals surface area contributed by atoms with Gasteiger partial charge in [0.25, 0.3) is 0 Å². The van der Waals surface area contributed by atoms with E-state index in [1.54, 1.807) is 6.07 Å². The summed E-state index contributed by atoms with van der Waals surface area (Å²) < 4.78 is 12.8. The highest BCUT2D eigenvalue weighted by Crippen LogP contribution is 2.25. The van der Waals surface area contributed by atoms with Crippen molar-refractivity contribution in [1.82, 2.24) is 5.32 Å². The summed E-state index contributed by atoms with van der Waals surface area (Å²) in [6, 6.07) is 5.37. The Hall–Kier alpha value is -0.890. The molecule has 1 nitrogen and oxygen atoms in total. The van der Waals surface area contributed by atoms with E-state index in [9.17, 15) is 4.39 Å². The maximum Gasteiger partial charge on any atom is 0.123 e. The molecule has 1 aliphatic heterocycles. The van der Waals surface area contributed by atoms with Gasteiger partial charge in [-0.25, -0.2) is 4.39 Å². The van der Waals surface area contributed by atoms with Crippen LogP contribution >= 0.6 is 0 Å². The van der Waals surface area contributed by atoms with Gasteiger partial charge in [0, 0.05) is 6.04 Å². The standard InChI is InChI=1S/C10H12FN/c1-7-2-3-8(11)6-9(7)10-4-5-12-10/h2-3,6,10,12H,4-5H2,1H3. The Morgan fingerprint density at radius 1 is 1.50 bits per heavy atom. The first-order valence-electron chi connectivity index (χ1n) is 4.27. The molecule has 0 amide bonds. The van der Waals surface area contributed by atoms with Crippen molar-refractivity contribution in [3.63, 3.8) is 0 Å². The minimum absolute atomic E-state index is 0.135. The molecule has 0 spiro atoms. The summed E-state index contributed by atoms with van der Waals surface area (Å²) in [6.45, 7) is 3.08. The van der Waals surface area contributed by atoms with Crippen molar-refractivity contribution in [1.29, 1.82) is 0 Å². The Labute approximate surface area is 71.6 Å². The molecule has 1 unspecified atom stereocenters. The lowest BCUT2D eigenvalue weighted by Gasteiger charge is -2.29. The maximum absolute atomic E-state index is 12.8. The van der Waals surface area contributed by atoms with Crippen LogP contribution in [0.2, 0.25) is 0 Å². The second-order valence-corrected chi connectivity index (χ2v) is 3.30. The van der Waals surface area contributed by atoms with Crippen molar-refractivity contribution < 1.29 is 4.39 Å². The van der Waals surface area contributed by atoms with Crippen LogP contribution in [0.1, 0.15) is 23.6 Å². The van der Waals surface area contributed by atoms with Gasteiger partial charge in [0.1, 0.15) is 5.82 Å². The van der Waals surface area contributed by atoms with E-state index in [0.717, 1.165) is 18.5 Å². The molecule has 0 saturated carbocycles. The van der Waals surface area contributed by atoms with Gasteiger partial charge < -0.3 is 5.32 Å². The van der Waals surface area contributed by atoms with Crippen molar-refractivity contribution >= 4 is 0 Å². The molecule has 1 aliphatic rings. The molecule has 1 N–H and O–H groups in total. The minimum Gasteiger partial charge on any atom is -0.310 e. The SMILES string of the molecule is Cc1ccc(F)cc1C1CCN1. The van der Waals surface area contributed by atoms with E-state index >= 15 is 0 Å². The van der Waals surface area contributed by atoms with Gasteiger partial charge in [0.05, 0.1) is 0 Å². The van der Waals surface area contributed by atoms with Crippen LogP contribution in [0.3, 0.4) is 0 Å². The fraction of sp³-hybridized carbons (Fsp3) is 0.400. The summed E-state index contributed by atoms with van der Waals surface area (Å²) in [5, 5.41) is 3.26. The number of halogens is 1. The average molecular weight is 165 g/mol. The van der Waals surface area contributed by atoms with E-state index in [4.69, 9.17) is 0 Å². The molecule has 0 radical (unpaired) electrons. The second kappa shape index (κ2) is 2.87. The molecule has 1 atom stereocenters. The van der Waals surface area contributed by atoms with E-state index in [2.05, 4.69) is 5.32 Å². The highest BCUT2D eigenvalue weighted by atomic mass is 19.1. The first kappa shape index (κ1) is 7.74. The Bertz CT molecular complexity index is 292. The first-order valence-corrected chi connectivity index (χ1v) is 4.27. The van der Waals surface area contributed by atoms with E-state index in [1.165, 1.54) is 11.6 Å². The van der Waals surface area contributed by atoms with E-state index in [-0.39, 0.29) is 5.82 Å². The summed E-state index contributed by atoms with van der Waals surface area (Å²) in [6.07, 6.45) is 1.13. The number of rotatable bonds is 1. The zero-order valence-corrected chi connectivity index (χ0v) is 7.10. The molecule has 0 aliphatic carbocycles. The van der Waals surface area contributed by atoms with Crippen LogP contribution < -0.4 is 5.32 Å². The summed E-state index contributed by atoms with van der Waals surface area (Å²) in [5.41, 5.74) is 2.29. The summed E-state index contributed by atoms with van der Waals surface area (Å²) in [5.74, 6) is -0.135. The summed E-state index contributed by atoms with van der Waals surface area (Å²) >= 11 is 0. The maximum atomic E-state index is 12.8.